The predicted molar refractivity (Wildman–Crippen MR) is 339 cm³/mol. The molecule has 0 radical (unpaired) electrons. The smallest absolute Gasteiger partial charge is 1.00 e. The zero-order chi connectivity index (χ0) is 59.4. The molecule has 0 saturated carbocycles. The van der Waals surface area contributed by atoms with Gasteiger partial charge in [-0.2, -0.15) is 0 Å². The first-order chi connectivity index (χ1) is 38.9. The Morgan fingerprint density at radius 3 is 1.49 bits per heavy atom. The molecular weight excluding hydrogens is 1770 g/mol. The molecule has 2 aliphatic rings. The average Bonchev–Trinajstić information content (AvgIpc) is 3.07. The monoisotopic (exact) mass is 1860 g/mol. The first-order valence-corrected chi connectivity index (χ1v) is 30.9. The quantitative estimate of drug-likeness (QED) is 0.0245. The van der Waals surface area contributed by atoms with Crippen molar-refractivity contribution < 1.29 is 323 Å². The number of carbonyl (C=O) groups is 3. The van der Waals surface area contributed by atoms with Crippen molar-refractivity contribution >= 4 is 96.4 Å². The van der Waals surface area contributed by atoms with Crippen LogP contribution in [0, 0.1) is 0 Å². The Morgan fingerprint density at radius 1 is 0.588 bits per heavy atom. The number of nitrogens with zero attached hydrogens (tertiary/aromatic N) is 3. The summed E-state index contributed by atoms with van der Waals surface area (Å²) < 4.78 is 13.9. The number of nitrogens with one attached hydrogen (secondary N) is 2. The zero-order valence-electron chi connectivity index (χ0n) is 55.1. The number of anilines is 1. The number of aromatic nitrogens is 4. The fourth-order valence-electron chi connectivity index (χ4n) is 8.24. The Kier molecular flexibility index (Phi) is 84.0. The minimum Gasteiger partial charge on any atom is -1.00 e. The van der Waals surface area contributed by atoms with E-state index in [1.54, 1.807) is 55.2 Å². The molecule has 4 aromatic rings. The minimum atomic E-state index is -0.181. The molecule has 0 aromatic carbocycles. The average molecular weight is 1860 g/mol. The second kappa shape index (κ2) is 71.8. The van der Waals surface area contributed by atoms with Gasteiger partial charge in [-0.15, -0.1) is 17.0 Å². The van der Waals surface area contributed by atoms with Crippen molar-refractivity contribution in [3.05, 3.63) is 109 Å². The molecule has 4 aromatic heterocycles. The molecule has 85 heavy (non-hydrogen) atoms. The van der Waals surface area contributed by atoms with E-state index in [1.165, 1.54) is 158 Å². The summed E-state index contributed by atoms with van der Waals surface area (Å²) in [6.45, 7) is 10.1. The number of carbonyl (C=O) groups excluding carboxylic acids is 3. The number of hydrogen-bond donors (Lipinski definition) is 2. The van der Waals surface area contributed by atoms with Gasteiger partial charge in [0.1, 0.15) is 6.23 Å². The SMILES string of the molecule is Br.CCCCCCCCBr.CCCCCCCCBr.CCCCCCCCn1c(=O)ccc2[nH]c(=O)ccc21.CCCCCCCCn1c2c(ccc1=O)NC(OC)C=C2.COc1ccc2c(n1)C=CC(=O)C2.O=CO[O-].O=CO[O-].[Cs+].[Cs+].[Cs+].[Cs+].[H-].[H-]. The molecule has 17 nitrogen and oxygen atoms in total. The molecule has 462 valence electrons. The number of aryl methyl sites for hydroxylation is 1. The van der Waals surface area contributed by atoms with E-state index < -0.39 is 0 Å². The van der Waals surface area contributed by atoms with Crippen LogP contribution in [0.25, 0.3) is 23.2 Å². The topological polar surface area (TPSA) is 236 Å². The molecule has 2 N–H and O–H groups in total. The summed E-state index contributed by atoms with van der Waals surface area (Å²) in [5, 5.41) is 22.5. The molecule has 0 saturated heterocycles. The van der Waals surface area contributed by atoms with Crippen molar-refractivity contribution in [3.63, 3.8) is 0 Å². The van der Waals surface area contributed by atoms with Gasteiger partial charge in [-0.1, -0.05) is 194 Å². The van der Waals surface area contributed by atoms with Crippen LogP contribution in [0.4, 0.5) is 5.69 Å². The van der Waals surface area contributed by atoms with Crippen molar-refractivity contribution in [2.75, 3.05) is 30.2 Å². The van der Waals surface area contributed by atoms with E-state index in [4.69, 9.17) is 29.6 Å². The normalized spacial score (nSPS) is 11.5. The summed E-state index contributed by atoms with van der Waals surface area (Å²) in [7, 11) is 3.24. The standard InChI is InChI=1S/C17H26N2O2.C16H22N2O2.C10H9NO2.2C8H17Br.2CH2O3.BrH.4Cs.2H/c1-3-4-5-6-7-8-13-19-15-10-11-16(21-2)18-14(15)9-12-17(19)20;1-2-3-4-5-6-7-12-18-14-9-10-15(19)17-13(14)8-11-16(18)20;1-13-10-5-2-7-6-8(12)3-4-9(7)11-10;2*1-2-3-4-5-6-7-8-9;2*2-1-4-3;;;;;;;/h9-12,16,18H,3-8,13H2,1-2H3;8-11H,2-7,12H2,1H3,(H,17,19);2-5H,6H2,1H3;2*2-8H2,1H3;2*1,3H;1H;;;;;;/q;;;;;;;;4*+1;2*-1/p-2. The van der Waals surface area contributed by atoms with E-state index in [1.807, 2.05) is 28.9 Å². The van der Waals surface area contributed by atoms with E-state index in [-0.39, 0.29) is 337 Å². The predicted octanol–water partition coefficient (Wildman–Crippen LogP) is 1.07. The Labute approximate surface area is 773 Å². The number of aromatic amines is 1. The van der Waals surface area contributed by atoms with Crippen LogP contribution >= 0.6 is 48.8 Å². The van der Waals surface area contributed by atoms with Gasteiger partial charge in [-0.3, -0.25) is 28.8 Å². The second-order valence-electron chi connectivity index (χ2n) is 18.9. The molecule has 0 spiro atoms. The number of H-pyrrole nitrogens is 1. The number of methoxy groups -OCH3 is 2. The van der Waals surface area contributed by atoms with Crippen LogP contribution in [0.2, 0.25) is 0 Å². The van der Waals surface area contributed by atoms with Gasteiger partial charge in [-0.05, 0) is 73.7 Å². The van der Waals surface area contributed by atoms with E-state index in [0.29, 0.717) is 18.8 Å². The number of unbranched alkanes of at least 4 members (excludes halogenated alkanes) is 20. The summed E-state index contributed by atoms with van der Waals surface area (Å²) in [6, 6.07) is 13.5. The summed E-state index contributed by atoms with van der Waals surface area (Å²) in [4.78, 5) is 75.8. The van der Waals surface area contributed by atoms with E-state index in [0.717, 1.165) is 59.5 Å². The van der Waals surface area contributed by atoms with Crippen molar-refractivity contribution in [1.82, 2.24) is 19.1 Å². The van der Waals surface area contributed by atoms with Crippen LogP contribution in [0.5, 0.6) is 5.88 Å². The van der Waals surface area contributed by atoms with Crippen LogP contribution in [0.3, 0.4) is 0 Å². The number of allylic oxidation sites excluding steroid dienone is 1. The van der Waals surface area contributed by atoms with Crippen LogP contribution in [-0.2, 0) is 48.4 Å². The van der Waals surface area contributed by atoms with Crippen LogP contribution in [0.1, 0.15) is 202 Å². The van der Waals surface area contributed by atoms with Gasteiger partial charge in [0.15, 0.2) is 5.78 Å². The zero-order valence-corrected chi connectivity index (χ0v) is 83.1. The molecule has 1 aliphatic carbocycles. The maximum atomic E-state index is 12.1. The van der Waals surface area contributed by atoms with Gasteiger partial charge in [0.25, 0.3) is 24.1 Å². The van der Waals surface area contributed by atoms with Gasteiger partial charge in [0.2, 0.25) is 11.4 Å². The number of halogens is 3. The van der Waals surface area contributed by atoms with Crippen LogP contribution < -0.4 is 313 Å². The van der Waals surface area contributed by atoms with E-state index in [2.05, 4.69) is 84.6 Å². The molecule has 1 atom stereocenters. The number of pyridine rings is 4. The third-order valence-electron chi connectivity index (χ3n) is 12.6. The first kappa shape index (κ1) is 99.5. The number of ether oxygens (including phenoxy) is 2. The van der Waals surface area contributed by atoms with Crippen molar-refractivity contribution in [2.24, 2.45) is 0 Å². The van der Waals surface area contributed by atoms with Crippen molar-refractivity contribution in [2.45, 2.75) is 208 Å². The van der Waals surface area contributed by atoms with Crippen LogP contribution in [0.15, 0.2) is 75.1 Å². The summed E-state index contributed by atoms with van der Waals surface area (Å²) in [6.07, 6.45) is 38.9. The molecule has 5 heterocycles. The third kappa shape index (κ3) is 51.4. The van der Waals surface area contributed by atoms with Crippen molar-refractivity contribution in [3.8, 4) is 5.88 Å². The maximum absolute atomic E-state index is 12.1. The van der Waals surface area contributed by atoms with Crippen molar-refractivity contribution in [1.29, 1.82) is 0 Å². The van der Waals surface area contributed by atoms with Gasteiger partial charge in [0, 0.05) is 61.5 Å². The van der Waals surface area contributed by atoms with Gasteiger partial charge in [0.05, 0.1) is 35.2 Å². The van der Waals surface area contributed by atoms with E-state index >= 15 is 0 Å². The largest absolute Gasteiger partial charge is 1.00 e. The summed E-state index contributed by atoms with van der Waals surface area (Å²) >= 11 is 6.84. The molecule has 24 heteroatoms. The molecule has 0 fully saturated rings. The fourth-order valence-corrected chi connectivity index (χ4v) is 9.04. The molecule has 6 rings (SSSR count). The molecule has 0 bridgehead atoms. The summed E-state index contributed by atoms with van der Waals surface area (Å²) in [5.74, 6) is 0.706. The summed E-state index contributed by atoms with van der Waals surface area (Å²) in [5.41, 5.74) is 5.20. The van der Waals surface area contributed by atoms with Crippen LogP contribution in [-0.4, -0.2) is 68.9 Å². The molecular formula is C61H96Br3Cs4N5O12. The molecule has 0 amide bonds. The minimum absolute atomic E-state index is 0. The van der Waals surface area contributed by atoms with Gasteiger partial charge >= 0.3 is 276 Å². The van der Waals surface area contributed by atoms with Gasteiger partial charge in [-0.25, -0.2) is 4.98 Å². The second-order valence-corrected chi connectivity index (χ2v) is 20.5. The molecule has 1 aliphatic heterocycles. The van der Waals surface area contributed by atoms with E-state index in [9.17, 15) is 19.2 Å². The number of ketones is 1. The Hall–Kier alpha value is 3.48. The fraction of sp³-hybridized carbons (Fsp3) is 0.590. The maximum Gasteiger partial charge on any atom is 1.00 e. The first-order valence-electron chi connectivity index (χ1n) is 28.7. The number of hydrogen-bond acceptors (Lipinski definition) is 14. The Balaban J connectivity index is -0.000000147. The number of alkyl halides is 2. The molecule has 1 unspecified atom stereocenters. The van der Waals surface area contributed by atoms with Gasteiger partial charge < -0.3 is 52.1 Å². The number of rotatable bonds is 30. The number of fused-ring (bicyclic) bond motifs is 3. The Morgan fingerprint density at radius 2 is 1.04 bits per heavy atom. The third-order valence-corrected chi connectivity index (χ3v) is 13.7. The Bertz CT molecular complexity index is 2470.